The molecule has 0 aliphatic heterocycles. The van der Waals surface area contributed by atoms with Crippen molar-refractivity contribution in [1.29, 1.82) is 0 Å². The molecule has 0 saturated heterocycles. The summed E-state index contributed by atoms with van der Waals surface area (Å²) in [5.41, 5.74) is 3.37. The molecule has 0 heteroatoms. The van der Waals surface area contributed by atoms with Gasteiger partial charge in [-0.25, -0.2) is 0 Å². The fourth-order valence-electron chi connectivity index (χ4n) is 3.70. The van der Waals surface area contributed by atoms with Gasteiger partial charge in [-0.2, -0.15) is 0 Å². The number of benzene rings is 2. The minimum Gasteiger partial charge on any atom is -0.0616 e. The van der Waals surface area contributed by atoms with Crippen molar-refractivity contribution in [1.82, 2.24) is 0 Å². The van der Waals surface area contributed by atoms with E-state index in [-0.39, 0.29) is 0 Å². The van der Waals surface area contributed by atoms with Crippen LogP contribution in [0, 0.1) is 11.8 Å². The molecule has 0 unspecified atom stereocenters. The Labute approximate surface area is 82.6 Å². The van der Waals surface area contributed by atoms with Crippen LogP contribution in [-0.2, 0) is 0 Å². The average Bonchev–Trinajstić information content (AvgIpc) is 3.05. The molecule has 0 heterocycles. The summed E-state index contributed by atoms with van der Waals surface area (Å²) in [6.45, 7) is 0. The largest absolute Gasteiger partial charge is 0.0616 e. The number of fused-ring (bicyclic) bond motifs is 1. The average molecular weight is 178 g/mol. The highest BCUT2D eigenvalue weighted by Crippen LogP contribution is 2.88. The molecule has 0 amide bonds. The molecule has 4 aliphatic carbocycles. The van der Waals surface area contributed by atoms with Gasteiger partial charge in [-0.1, -0.05) is 36.4 Å². The predicted molar refractivity (Wildman–Crippen MR) is 56.4 cm³/mol. The van der Waals surface area contributed by atoms with Gasteiger partial charge in [0.1, 0.15) is 0 Å². The van der Waals surface area contributed by atoms with Crippen LogP contribution in [0.15, 0.2) is 36.4 Å². The van der Waals surface area contributed by atoms with Crippen molar-refractivity contribution in [3.05, 3.63) is 47.5 Å². The molecule has 2 saturated carbocycles. The molecular formula is C14H10. The quantitative estimate of drug-likeness (QED) is 0.580. The van der Waals surface area contributed by atoms with Crippen LogP contribution in [0.3, 0.4) is 0 Å². The van der Waals surface area contributed by atoms with Crippen LogP contribution < -0.4 is 0 Å². The smallest absolute Gasteiger partial charge is 0.00841 e. The molecule has 0 radical (unpaired) electrons. The first-order valence-corrected chi connectivity index (χ1v) is 5.48. The van der Waals surface area contributed by atoms with Gasteiger partial charge in [0.2, 0.25) is 0 Å². The summed E-state index contributed by atoms with van der Waals surface area (Å²) in [7, 11) is 0. The van der Waals surface area contributed by atoms with Gasteiger partial charge in [-0.15, -0.1) is 0 Å². The van der Waals surface area contributed by atoms with Crippen molar-refractivity contribution in [2.75, 3.05) is 0 Å². The Morgan fingerprint density at radius 2 is 1.21 bits per heavy atom. The maximum Gasteiger partial charge on any atom is -0.00841 e. The Kier molecular flexibility index (Phi) is 0.724. The zero-order valence-corrected chi connectivity index (χ0v) is 7.77. The third-order valence-electron chi connectivity index (χ3n) is 4.49. The summed E-state index contributed by atoms with van der Waals surface area (Å²) in [5.74, 6) is 4.14. The van der Waals surface area contributed by atoms with Gasteiger partial charge in [-0.3, -0.25) is 0 Å². The first-order valence-electron chi connectivity index (χ1n) is 5.48. The lowest BCUT2D eigenvalue weighted by atomic mass is 10.0. The number of hydrogen-bond acceptors (Lipinski definition) is 0. The Morgan fingerprint density at radius 1 is 0.714 bits per heavy atom. The molecule has 0 spiro atoms. The van der Waals surface area contributed by atoms with Crippen LogP contribution >= 0.6 is 0 Å². The highest BCUT2D eigenvalue weighted by Gasteiger charge is 2.79. The Morgan fingerprint density at radius 3 is 1.71 bits per heavy atom. The van der Waals surface area contributed by atoms with Crippen LogP contribution in [0.5, 0.6) is 0 Å². The standard InChI is InChI=1S/C14H10/c1-2-4-8-6-10-9(5-7(8)3-1)11-13-12(10)14(11)13/h1-6,11-14H. The zero-order valence-electron chi connectivity index (χ0n) is 7.77. The summed E-state index contributed by atoms with van der Waals surface area (Å²) in [6.07, 6.45) is 0. The monoisotopic (exact) mass is 178 g/mol. The van der Waals surface area contributed by atoms with E-state index in [0.717, 1.165) is 23.7 Å². The molecule has 66 valence electrons. The van der Waals surface area contributed by atoms with Gasteiger partial charge in [0, 0.05) is 0 Å². The Bertz CT molecular complexity index is 521. The lowest BCUT2D eigenvalue weighted by Gasteiger charge is -2.01. The van der Waals surface area contributed by atoms with E-state index in [4.69, 9.17) is 0 Å². The molecular weight excluding hydrogens is 168 g/mol. The van der Waals surface area contributed by atoms with Gasteiger partial charge < -0.3 is 0 Å². The molecule has 4 aliphatic rings. The second-order valence-electron chi connectivity index (χ2n) is 5.03. The lowest BCUT2D eigenvalue weighted by molar-refractivity contribution is 0.774. The molecule has 2 fully saturated rings. The maximum absolute atomic E-state index is 2.44. The van der Waals surface area contributed by atoms with E-state index in [1.54, 1.807) is 11.1 Å². The van der Waals surface area contributed by atoms with E-state index in [9.17, 15) is 0 Å². The van der Waals surface area contributed by atoms with Gasteiger partial charge in [-0.05, 0) is 45.6 Å². The Balaban J connectivity index is 1.95. The van der Waals surface area contributed by atoms with E-state index < -0.39 is 0 Å². The number of hydrogen-bond donors (Lipinski definition) is 0. The molecule has 0 atom stereocenters. The molecule has 2 aromatic rings. The molecule has 6 rings (SSSR count). The van der Waals surface area contributed by atoms with E-state index in [1.807, 2.05) is 0 Å². The highest BCUT2D eigenvalue weighted by molar-refractivity contribution is 5.86. The fourth-order valence-corrected chi connectivity index (χ4v) is 3.70. The molecule has 14 heavy (non-hydrogen) atoms. The first-order chi connectivity index (χ1) is 6.95. The second-order valence-corrected chi connectivity index (χ2v) is 5.03. The topological polar surface area (TPSA) is 0 Å². The number of rotatable bonds is 0. The van der Waals surface area contributed by atoms with Crippen molar-refractivity contribution in [2.45, 2.75) is 11.8 Å². The normalized spacial score (nSPS) is 39.4. The second kappa shape index (κ2) is 1.63. The summed E-state index contributed by atoms with van der Waals surface area (Å²) < 4.78 is 0. The zero-order chi connectivity index (χ0) is 8.86. The first kappa shape index (κ1) is 6.23. The van der Waals surface area contributed by atoms with E-state index in [1.165, 1.54) is 10.8 Å². The molecule has 0 nitrogen and oxygen atoms in total. The van der Waals surface area contributed by atoms with Crippen molar-refractivity contribution in [3.63, 3.8) is 0 Å². The minimum atomic E-state index is 0.986. The summed E-state index contributed by atoms with van der Waals surface area (Å²) in [4.78, 5) is 0. The molecule has 2 bridgehead atoms. The lowest BCUT2D eigenvalue weighted by Crippen LogP contribution is -1.80. The maximum atomic E-state index is 2.44. The summed E-state index contributed by atoms with van der Waals surface area (Å²) >= 11 is 0. The third-order valence-corrected chi connectivity index (χ3v) is 4.49. The van der Waals surface area contributed by atoms with Crippen molar-refractivity contribution >= 4 is 10.8 Å². The van der Waals surface area contributed by atoms with Crippen LogP contribution in [-0.4, -0.2) is 0 Å². The predicted octanol–water partition coefficient (Wildman–Crippen LogP) is 3.28. The summed E-state index contributed by atoms with van der Waals surface area (Å²) in [5, 5.41) is 2.86. The highest BCUT2D eigenvalue weighted by atomic mass is 14.8. The van der Waals surface area contributed by atoms with Gasteiger partial charge in [0.15, 0.2) is 0 Å². The van der Waals surface area contributed by atoms with Crippen LogP contribution in [0.4, 0.5) is 0 Å². The Hall–Kier alpha value is -1.30. The van der Waals surface area contributed by atoms with Gasteiger partial charge >= 0.3 is 0 Å². The van der Waals surface area contributed by atoms with E-state index in [2.05, 4.69) is 36.4 Å². The van der Waals surface area contributed by atoms with Crippen molar-refractivity contribution in [3.8, 4) is 0 Å². The van der Waals surface area contributed by atoms with Crippen molar-refractivity contribution < 1.29 is 0 Å². The SMILES string of the molecule is c1ccc2cc3c(cc2c1)C1C2C3C12. The van der Waals surface area contributed by atoms with Crippen molar-refractivity contribution in [2.24, 2.45) is 11.8 Å². The molecule has 0 N–H and O–H groups in total. The summed E-state index contributed by atoms with van der Waals surface area (Å²) in [6, 6.07) is 13.6. The van der Waals surface area contributed by atoms with Gasteiger partial charge in [0.25, 0.3) is 0 Å². The fraction of sp³-hybridized carbons (Fsp3) is 0.286. The van der Waals surface area contributed by atoms with E-state index >= 15 is 0 Å². The van der Waals surface area contributed by atoms with Gasteiger partial charge in [0.05, 0.1) is 0 Å². The third kappa shape index (κ3) is 0.482. The molecule has 0 aromatic heterocycles. The molecule has 2 aromatic carbocycles. The van der Waals surface area contributed by atoms with Crippen LogP contribution in [0.25, 0.3) is 10.8 Å². The minimum absolute atomic E-state index is 0.986. The van der Waals surface area contributed by atoms with Crippen LogP contribution in [0.1, 0.15) is 23.0 Å². The van der Waals surface area contributed by atoms with Crippen LogP contribution in [0.2, 0.25) is 0 Å². The van der Waals surface area contributed by atoms with E-state index in [0.29, 0.717) is 0 Å².